The predicted octanol–water partition coefficient (Wildman–Crippen LogP) is 1.95. The predicted molar refractivity (Wildman–Crippen MR) is 77.7 cm³/mol. The summed E-state index contributed by atoms with van der Waals surface area (Å²) >= 11 is 0. The highest BCUT2D eigenvalue weighted by atomic mass is 16.3. The summed E-state index contributed by atoms with van der Waals surface area (Å²) in [5.41, 5.74) is 3.83. The van der Waals surface area contributed by atoms with Gasteiger partial charge in [0.2, 0.25) is 5.91 Å². The first-order chi connectivity index (χ1) is 8.65. The second-order valence-electron chi connectivity index (χ2n) is 7.04. The van der Waals surface area contributed by atoms with E-state index < -0.39 is 16.6 Å². The Balaban J connectivity index is 2.84. The lowest BCUT2D eigenvalue weighted by Gasteiger charge is -2.41. The molecule has 4 nitrogen and oxygen atoms in total. The molecule has 0 unspecified atom stereocenters. The molecular formula is C15H30N2O2. The number of carbonyl (C=O) groups excluding carboxylic acids is 1. The molecule has 1 amide bonds. The zero-order valence-corrected chi connectivity index (χ0v) is 12.9. The summed E-state index contributed by atoms with van der Waals surface area (Å²) in [5, 5.41) is 13.2. The van der Waals surface area contributed by atoms with Gasteiger partial charge >= 0.3 is 0 Å². The number of nitrogens with two attached hydrogens (primary N) is 1. The molecule has 0 aromatic carbocycles. The van der Waals surface area contributed by atoms with E-state index in [0.717, 1.165) is 25.7 Å². The van der Waals surface area contributed by atoms with Crippen LogP contribution in [0.2, 0.25) is 0 Å². The molecule has 0 atom stereocenters. The summed E-state index contributed by atoms with van der Waals surface area (Å²) in [5.74, 6) is 0.00373. The quantitative estimate of drug-likeness (QED) is 0.683. The Bertz CT molecular complexity index is 311. The fraction of sp³-hybridized carbons (Fsp3) is 0.933. The van der Waals surface area contributed by atoms with Gasteiger partial charge in [0.25, 0.3) is 0 Å². The van der Waals surface area contributed by atoms with Crippen molar-refractivity contribution in [1.29, 1.82) is 0 Å². The minimum atomic E-state index is -0.969. The van der Waals surface area contributed by atoms with Gasteiger partial charge in [0.1, 0.15) is 0 Å². The second-order valence-corrected chi connectivity index (χ2v) is 7.04. The highest BCUT2D eigenvalue weighted by molar-refractivity contribution is 5.83. The maximum Gasteiger partial charge on any atom is 0.228 e. The average molecular weight is 270 g/mol. The third-order valence-electron chi connectivity index (χ3n) is 4.89. The largest absolute Gasteiger partial charge is 0.388 e. The fourth-order valence-corrected chi connectivity index (χ4v) is 2.50. The summed E-state index contributed by atoms with van der Waals surface area (Å²) in [6.45, 7) is 7.53. The smallest absolute Gasteiger partial charge is 0.228 e. The van der Waals surface area contributed by atoms with E-state index in [2.05, 4.69) is 5.32 Å². The molecule has 0 aromatic rings. The van der Waals surface area contributed by atoms with Crippen LogP contribution < -0.4 is 11.1 Å². The van der Waals surface area contributed by atoms with Gasteiger partial charge in [0.15, 0.2) is 0 Å². The minimum Gasteiger partial charge on any atom is -0.388 e. The number of aliphatic hydroxyl groups is 1. The fourth-order valence-electron chi connectivity index (χ4n) is 2.50. The first kappa shape index (κ1) is 16.4. The molecule has 0 bridgehead atoms. The van der Waals surface area contributed by atoms with Gasteiger partial charge in [-0.1, -0.05) is 25.7 Å². The number of hydrogen-bond donors (Lipinski definition) is 3. The maximum absolute atomic E-state index is 12.7. The van der Waals surface area contributed by atoms with Gasteiger partial charge in [-0.3, -0.25) is 4.79 Å². The minimum absolute atomic E-state index is 0.00373. The van der Waals surface area contributed by atoms with Crippen molar-refractivity contribution in [3.63, 3.8) is 0 Å². The molecule has 0 aliphatic heterocycles. The summed E-state index contributed by atoms with van der Waals surface area (Å²) in [6.07, 6.45) is 6.21. The van der Waals surface area contributed by atoms with Crippen molar-refractivity contribution in [2.24, 2.45) is 11.1 Å². The van der Waals surface area contributed by atoms with Crippen molar-refractivity contribution >= 4 is 5.91 Å². The number of amides is 1. The Hall–Kier alpha value is -0.610. The van der Waals surface area contributed by atoms with Crippen LogP contribution in [0.4, 0.5) is 0 Å². The summed E-state index contributed by atoms with van der Waals surface area (Å²) in [7, 11) is 0. The van der Waals surface area contributed by atoms with Crippen molar-refractivity contribution in [2.45, 2.75) is 77.4 Å². The van der Waals surface area contributed by atoms with Crippen LogP contribution in [0.15, 0.2) is 0 Å². The normalized spacial score (nSPS) is 20.7. The molecule has 0 heterocycles. The van der Waals surface area contributed by atoms with E-state index in [1.165, 1.54) is 12.8 Å². The second kappa shape index (κ2) is 5.80. The lowest BCUT2D eigenvalue weighted by molar-refractivity contribution is -0.136. The van der Waals surface area contributed by atoms with Crippen LogP contribution in [0.3, 0.4) is 0 Å². The maximum atomic E-state index is 12.7. The van der Waals surface area contributed by atoms with E-state index >= 15 is 0 Å². The first-order valence-corrected chi connectivity index (χ1v) is 7.40. The average Bonchev–Trinajstić information content (AvgIpc) is 2.52. The molecule has 0 saturated heterocycles. The molecule has 1 aliphatic carbocycles. The standard InChI is InChI=1S/C15H30N2O2/c1-13(2,14(3,4)19)17-12(18)15(11-16)9-7-5-6-8-10-15/h19H,5-11,16H2,1-4H3,(H,17,18). The molecule has 0 aromatic heterocycles. The van der Waals surface area contributed by atoms with Crippen LogP contribution in [0, 0.1) is 5.41 Å². The van der Waals surface area contributed by atoms with Crippen molar-refractivity contribution in [2.75, 3.05) is 6.54 Å². The van der Waals surface area contributed by atoms with E-state index in [4.69, 9.17) is 5.73 Å². The summed E-state index contributed by atoms with van der Waals surface area (Å²) in [4.78, 5) is 12.7. The van der Waals surface area contributed by atoms with E-state index in [1.54, 1.807) is 13.8 Å². The monoisotopic (exact) mass is 270 g/mol. The van der Waals surface area contributed by atoms with Crippen LogP contribution in [-0.2, 0) is 4.79 Å². The molecule has 1 saturated carbocycles. The highest BCUT2D eigenvalue weighted by Gasteiger charge is 2.43. The molecule has 1 fully saturated rings. The lowest BCUT2D eigenvalue weighted by Crippen LogP contribution is -2.61. The Morgan fingerprint density at radius 3 is 2.00 bits per heavy atom. The molecule has 4 heteroatoms. The number of nitrogens with one attached hydrogen (secondary N) is 1. The van der Waals surface area contributed by atoms with Crippen LogP contribution >= 0.6 is 0 Å². The van der Waals surface area contributed by atoms with E-state index in [9.17, 15) is 9.90 Å². The van der Waals surface area contributed by atoms with Crippen LogP contribution in [0.25, 0.3) is 0 Å². The van der Waals surface area contributed by atoms with E-state index in [-0.39, 0.29) is 5.91 Å². The van der Waals surface area contributed by atoms with E-state index in [0.29, 0.717) is 6.54 Å². The van der Waals surface area contributed by atoms with Gasteiger partial charge in [-0.05, 0) is 40.5 Å². The Morgan fingerprint density at radius 2 is 1.63 bits per heavy atom. The molecular weight excluding hydrogens is 240 g/mol. The first-order valence-electron chi connectivity index (χ1n) is 7.40. The summed E-state index contributed by atoms with van der Waals surface area (Å²) in [6, 6.07) is 0. The molecule has 1 rings (SSSR count). The van der Waals surface area contributed by atoms with Crippen molar-refractivity contribution in [3.05, 3.63) is 0 Å². The lowest BCUT2D eigenvalue weighted by atomic mass is 9.77. The Morgan fingerprint density at radius 1 is 1.16 bits per heavy atom. The van der Waals surface area contributed by atoms with Crippen molar-refractivity contribution < 1.29 is 9.90 Å². The van der Waals surface area contributed by atoms with Crippen LogP contribution in [0.5, 0.6) is 0 Å². The van der Waals surface area contributed by atoms with Crippen molar-refractivity contribution in [3.8, 4) is 0 Å². The van der Waals surface area contributed by atoms with Gasteiger partial charge in [-0.25, -0.2) is 0 Å². The summed E-state index contributed by atoms with van der Waals surface area (Å²) < 4.78 is 0. The zero-order chi connectivity index (χ0) is 14.7. The number of rotatable bonds is 4. The van der Waals surface area contributed by atoms with Crippen LogP contribution in [-0.4, -0.2) is 28.7 Å². The number of hydrogen-bond acceptors (Lipinski definition) is 3. The SMILES string of the molecule is CC(C)(O)C(C)(C)NC(=O)C1(CN)CCCCCC1. The number of carbonyl (C=O) groups is 1. The topological polar surface area (TPSA) is 75.3 Å². The molecule has 1 aliphatic rings. The Labute approximate surface area is 117 Å². The van der Waals surface area contributed by atoms with Gasteiger partial charge in [-0.15, -0.1) is 0 Å². The molecule has 0 spiro atoms. The van der Waals surface area contributed by atoms with Crippen LogP contribution in [0.1, 0.15) is 66.2 Å². The zero-order valence-electron chi connectivity index (χ0n) is 12.9. The molecule has 4 N–H and O–H groups in total. The third-order valence-corrected chi connectivity index (χ3v) is 4.89. The molecule has 19 heavy (non-hydrogen) atoms. The molecule has 112 valence electrons. The van der Waals surface area contributed by atoms with Gasteiger partial charge in [0.05, 0.1) is 16.6 Å². The Kier molecular flexibility index (Phi) is 5.02. The van der Waals surface area contributed by atoms with Gasteiger partial charge < -0.3 is 16.2 Å². The van der Waals surface area contributed by atoms with E-state index in [1.807, 2.05) is 13.8 Å². The van der Waals surface area contributed by atoms with Crippen molar-refractivity contribution in [1.82, 2.24) is 5.32 Å². The third kappa shape index (κ3) is 3.69. The van der Waals surface area contributed by atoms with Gasteiger partial charge in [0, 0.05) is 6.54 Å². The highest BCUT2D eigenvalue weighted by Crippen LogP contribution is 2.35. The van der Waals surface area contributed by atoms with Gasteiger partial charge in [-0.2, -0.15) is 0 Å². The molecule has 0 radical (unpaired) electrons.